The largest absolute Gasteiger partial charge is 0.476 e. The first kappa shape index (κ1) is 20.2. The summed E-state index contributed by atoms with van der Waals surface area (Å²) < 4.78 is 4.11. The first-order valence-electron chi connectivity index (χ1n) is 7.26. The fourth-order valence-corrected chi connectivity index (χ4v) is 1.60. The fourth-order valence-electron chi connectivity index (χ4n) is 1.60. The van der Waals surface area contributed by atoms with Crippen molar-refractivity contribution in [3.05, 3.63) is 42.7 Å². The molecule has 0 fully saturated rings. The minimum Gasteiger partial charge on any atom is -0.476 e. The molecular weight excluding hydrogens is 338 g/mol. The molecule has 2 rings (SSSR count). The van der Waals surface area contributed by atoms with Gasteiger partial charge in [0.15, 0.2) is 5.82 Å². The molecule has 9 nitrogen and oxygen atoms in total. The summed E-state index contributed by atoms with van der Waals surface area (Å²) in [6.45, 7) is 1.36. The standard InChI is InChI=1S/C14H11N5O2.C3H6O2/c1-19(18-12(9-15)14(20)21)11-5-3-10(4-6-11)13-16-7-2-8-17-13;1-3(4)5-2/h2-8H,1H3,(H,20,21);1-2H3. The Balaban J connectivity index is 0.000000597. The lowest BCUT2D eigenvalue weighted by molar-refractivity contribution is -0.138. The predicted octanol–water partition coefficient (Wildman–Crippen LogP) is 1.72. The van der Waals surface area contributed by atoms with Crippen molar-refractivity contribution in [2.24, 2.45) is 5.10 Å². The van der Waals surface area contributed by atoms with Crippen LogP contribution < -0.4 is 5.01 Å². The molecule has 0 spiro atoms. The van der Waals surface area contributed by atoms with Gasteiger partial charge in [0.1, 0.15) is 6.07 Å². The van der Waals surface area contributed by atoms with Crippen LogP contribution in [0.25, 0.3) is 11.4 Å². The van der Waals surface area contributed by atoms with Gasteiger partial charge in [-0.3, -0.25) is 9.80 Å². The summed E-state index contributed by atoms with van der Waals surface area (Å²) in [7, 11) is 2.91. The zero-order chi connectivity index (χ0) is 19.5. The highest BCUT2D eigenvalue weighted by molar-refractivity contribution is 6.42. The molecule has 26 heavy (non-hydrogen) atoms. The molecule has 0 saturated heterocycles. The zero-order valence-electron chi connectivity index (χ0n) is 14.4. The van der Waals surface area contributed by atoms with Crippen LogP contribution in [0.2, 0.25) is 0 Å². The van der Waals surface area contributed by atoms with Crippen molar-refractivity contribution in [3.63, 3.8) is 0 Å². The van der Waals surface area contributed by atoms with E-state index in [1.54, 1.807) is 49.8 Å². The Hall–Kier alpha value is -3.80. The van der Waals surface area contributed by atoms with Crippen LogP contribution in [0.4, 0.5) is 5.69 Å². The summed E-state index contributed by atoms with van der Waals surface area (Å²) in [6, 6.07) is 10.3. The third-order valence-corrected chi connectivity index (χ3v) is 2.91. The van der Waals surface area contributed by atoms with Crippen LogP contribution in [0.3, 0.4) is 0 Å². The number of methoxy groups -OCH3 is 1. The SMILES string of the molecule is CN(N=C(C#N)C(=O)O)c1ccc(-c2ncccn2)cc1.COC(C)=O. The Morgan fingerprint density at radius 1 is 1.23 bits per heavy atom. The molecule has 0 aliphatic heterocycles. The van der Waals surface area contributed by atoms with Crippen molar-refractivity contribution in [2.45, 2.75) is 6.92 Å². The normalized spacial score (nSPS) is 10.0. The van der Waals surface area contributed by atoms with Gasteiger partial charge < -0.3 is 9.84 Å². The number of anilines is 1. The molecule has 0 saturated carbocycles. The lowest BCUT2D eigenvalue weighted by atomic mass is 10.2. The number of nitriles is 1. The summed E-state index contributed by atoms with van der Waals surface area (Å²) in [5, 5.41) is 22.5. The summed E-state index contributed by atoms with van der Waals surface area (Å²) in [5.41, 5.74) is 0.895. The maximum atomic E-state index is 10.7. The smallest absolute Gasteiger partial charge is 0.367 e. The van der Waals surface area contributed by atoms with Gasteiger partial charge in [0.25, 0.3) is 0 Å². The van der Waals surface area contributed by atoms with Crippen molar-refractivity contribution in [3.8, 4) is 17.5 Å². The van der Waals surface area contributed by atoms with E-state index in [9.17, 15) is 9.59 Å². The molecule has 1 aromatic carbocycles. The molecule has 1 N–H and O–H groups in total. The minimum atomic E-state index is -1.36. The van der Waals surface area contributed by atoms with Gasteiger partial charge in [-0.1, -0.05) is 0 Å². The lowest BCUT2D eigenvalue weighted by Crippen LogP contribution is -2.18. The number of carboxylic acids is 1. The van der Waals surface area contributed by atoms with Crippen molar-refractivity contribution >= 4 is 23.3 Å². The van der Waals surface area contributed by atoms with Crippen LogP contribution >= 0.6 is 0 Å². The number of hydrazone groups is 1. The number of hydrogen-bond acceptors (Lipinski definition) is 8. The molecule has 0 bridgehead atoms. The minimum absolute atomic E-state index is 0.245. The van der Waals surface area contributed by atoms with Gasteiger partial charge in [-0.25, -0.2) is 14.8 Å². The number of benzene rings is 1. The number of esters is 1. The van der Waals surface area contributed by atoms with Crippen LogP contribution in [0.1, 0.15) is 6.92 Å². The van der Waals surface area contributed by atoms with Gasteiger partial charge in [0.2, 0.25) is 5.71 Å². The lowest BCUT2D eigenvalue weighted by Gasteiger charge is -2.13. The molecule has 0 radical (unpaired) electrons. The molecule has 1 aromatic heterocycles. The number of aliphatic carboxylic acids is 1. The molecule has 1 heterocycles. The van der Waals surface area contributed by atoms with Crippen molar-refractivity contribution in [2.75, 3.05) is 19.2 Å². The average molecular weight is 355 g/mol. The number of hydrogen-bond donors (Lipinski definition) is 1. The molecule has 0 unspecified atom stereocenters. The molecule has 0 amide bonds. The summed E-state index contributed by atoms with van der Waals surface area (Å²) >= 11 is 0. The van der Waals surface area contributed by atoms with E-state index in [2.05, 4.69) is 19.8 Å². The first-order chi connectivity index (χ1) is 12.4. The Bertz CT molecular complexity index is 813. The number of carbonyl (C=O) groups is 2. The number of carboxylic acid groups (broad SMARTS) is 1. The third kappa shape index (κ3) is 6.37. The Labute approximate surface area is 150 Å². The molecule has 134 valence electrons. The summed E-state index contributed by atoms with van der Waals surface area (Å²) in [5.74, 6) is -1.01. The van der Waals surface area contributed by atoms with E-state index in [-0.39, 0.29) is 5.97 Å². The maximum Gasteiger partial charge on any atom is 0.367 e. The molecule has 9 heteroatoms. The fraction of sp³-hybridized carbons (Fsp3) is 0.176. The van der Waals surface area contributed by atoms with Gasteiger partial charge in [0, 0.05) is 31.9 Å². The molecule has 0 atom stereocenters. The molecular formula is C17H17N5O4. The topological polar surface area (TPSA) is 129 Å². The van der Waals surface area contributed by atoms with E-state index in [1.165, 1.54) is 25.1 Å². The molecule has 2 aromatic rings. The van der Waals surface area contributed by atoms with E-state index in [0.29, 0.717) is 11.5 Å². The van der Waals surface area contributed by atoms with Crippen LogP contribution in [-0.4, -0.2) is 46.9 Å². The number of rotatable bonds is 4. The summed E-state index contributed by atoms with van der Waals surface area (Å²) in [4.78, 5) is 28.6. The Morgan fingerprint density at radius 3 is 2.19 bits per heavy atom. The molecule has 0 aliphatic carbocycles. The highest BCUT2D eigenvalue weighted by atomic mass is 16.5. The number of aromatic nitrogens is 2. The quantitative estimate of drug-likeness (QED) is 0.498. The van der Waals surface area contributed by atoms with Gasteiger partial charge in [-0.2, -0.15) is 10.4 Å². The van der Waals surface area contributed by atoms with Crippen LogP contribution in [0, 0.1) is 11.3 Å². The number of carbonyl (C=O) groups excluding carboxylic acids is 1. The van der Waals surface area contributed by atoms with Crippen LogP contribution in [-0.2, 0) is 14.3 Å². The van der Waals surface area contributed by atoms with Gasteiger partial charge in [0.05, 0.1) is 12.8 Å². The zero-order valence-corrected chi connectivity index (χ0v) is 14.4. The van der Waals surface area contributed by atoms with E-state index in [4.69, 9.17) is 10.4 Å². The van der Waals surface area contributed by atoms with E-state index < -0.39 is 11.7 Å². The van der Waals surface area contributed by atoms with E-state index in [1.807, 2.05) is 0 Å². The second kappa shape index (κ2) is 10.1. The van der Waals surface area contributed by atoms with Crippen molar-refractivity contribution in [1.82, 2.24) is 9.97 Å². The maximum absolute atomic E-state index is 10.7. The van der Waals surface area contributed by atoms with Crippen LogP contribution in [0.5, 0.6) is 0 Å². The van der Waals surface area contributed by atoms with Crippen LogP contribution in [0.15, 0.2) is 47.8 Å². The Kier molecular flexibility index (Phi) is 7.90. The van der Waals surface area contributed by atoms with Crippen molar-refractivity contribution < 1.29 is 19.4 Å². The third-order valence-electron chi connectivity index (χ3n) is 2.91. The second-order valence-electron chi connectivity index (χ2n) is 4.70. The first-order valence-corrected chi connectivity index (χ1v) is 7.26. The Morgan fingerprint density at radius 2 is 1.77 bits per heavy atom. The van der Waals surface area contributed by atoms with Crippen molar-refractivity contribution in [1.29, 1.82) is 5.26 Å². The van der Waals surface area contributed by atoms with Gasteiger partial charge in [-0.05, 0) is 30.3 Å². The highest BCUT2D eigenvalue weighted by Crippen LogP contribution is 2.19. The van der Waals surface area contributed by atoms with E-state index in [0.717, 1.165) is 5.56 Å². The van der Waals surface area contributed by atoms with E-state index >= 15 is 0 Å². The summed E-state index contributed by atoms with van der Waals surface area (Å²) in [6.07, 6.45) is 3.30. The average Bonchev–Trinajstić information content (AvgIpc) is 2.67. The number of nitrogens with zero attached hydrogens (tertiary/aromatic N) is 5. The second-order valence-corrected chi connectivity index (χ2v) is 4.70. The van der Waals surface area contributed by atoms with Gasteiger partial charge >= 0.3 is 11.9 Å². The number of ether oxygens (including phenoxy) is 1. The highest BCUT2D eigenvalue weighted by Gasteiger charge is 2.10. The predicted molar refractivity (Wildman–Crippen MR) is 94.2 cm³/mol. The molecule has 0 aliphatic rings. The monoisotopic (exact) mass is 355 g/mol. The van der Waals surface area contributed by atoms with Gasteiger partial charge in [-0.15, -0.1) is 0 Å².